The fourth-order valence-electron chi connectivity index (χ4n) is 1.69. The van der Waals surface area contributed by atoms with Crippen LogP contribution in [0.2, 0.25) is 0 Å². The lowest BCUT2D eigenvalue weighted by Gasteiger charge is -2.06. The molecule has 1 heterocycles. The van der Waals surface area contributed by atoms with Crippen molar-refractivity contribution in [3.05, 3.63) is 29.8 Å². The largest absolute Gasteiger partial charge is 0.353 e. The molecule has 0 aliphatic heterocycles. The van der Waals surface area contributed by atoms with Gasteiger partial charge in [0.05, 0.1) is 11.8 Å². The molecule has 0 aliphatic rings. The zero-order valence-corrected chi connectivity index (χ0v) is 10.9. The van der Waals surface area contributed by atoms with Gasteiger partial charge in [-0.15, -0.1) is 0 Å². The first kappa shape index (κ1) is 13.0. The minimum atomic E-state index is 0.588. The molecule has 0 atom stereocenters. The molecule has 1 aromatic heterocycles. The number of rotatable bonds is 6. The van der Waals surface area contributed by atoms with Gasteiger partial charge in [0.1, 0.15) is 0 Å². The second-order valence-corrected chi connectivity index (χ2v) is 4.29. The maximum atomic E-state index is 8.46. The number of aromatic nitrogens is 4. The Labute approximate surface area is 112 Å². The number of benzene rings is 1. The van der Waals surface area contributed by atoms with Gasteiger partial charge in [-0.3, -0.25) is 0 Å². The number of nitrogens with one attached hydrogen (secondary N) is 1. The summed E-state index contributed by atoms with van der Waals surface area (Å²) in [6, 6.07) is 10.1. The van der Waals surface area contributed by atoms with Crippen molar-refractivity contribution in [2.24, 2.45) is 0 Å². The fraction of sp³-hybridized carbons (Fsp3) is 0.385. The van der Waals surface area contributed by atoms with Crippen molar-refractivity contribution in [2.45, 2.75) is 26.2 Å². The molecule has 0 aliphatic carbocycles. The number of aryl methyl sites for hydroxylation is 1. The van der Waals surface area contributed by atoms with Gasteiger partial charge in [0, 0.05) is 13.0 Å². The molecule has 0 unspecified atom stereocenters. The van der Waals surface area contributed by atoms with Gasteiger partial charge >= 0.3 is 0 Å². The Morgan fingerprint density at radius 2 is 2.05 bits per heavy atom. The van der Waals surface area contributed by atoms with Gasteiger partial charge in [-0.2, -0.15) is 9.94 Å². The highest BCUT2D eigenvalue weighted by Gasteiger charge is 2.06. The third-order valence-electron chi connectivity index (χ3n) is 2.75. The Kier molecular flexibility index (Phi) is 4.45. The summed E-state index contributed by atoms with van der Waals surface area (Å²) in [6.07, 6.45) is 2.40. The van der Waals surface area contributed by atoms with Gasteiger partial charge in [0.15, 0.2) is 0 Å². The third-order valence-corrected chi connectivity index (χ3v) is 2.75. The molecule has 0 saturated carbocycles. The molecule has 6 nitrogen and oxygen atoms in total. The molecule has 0 saturated heterocycles. The summed E-state index contributed by atoms with van der Waals surface area (Å²) in [6.45, 7) is 2.80. The van der Waals surface area contributed by atoms with E-state index in [9.17, 15) is 0 Å². The van der Waals surface area contributed by atoms with Crippen LogP contribution in [0.5, 0.6) is 0 Å². The lowest BCUT2D eigenvalue weighted by Crippen LogP contribution is -2.08. The molecule has 0 bridgehead atoms. The van der Waals surface area contributed by atoms with E-state index in [4.69, 9.17) is 5.26 Å². The van der Waals surface area contributed by atoms with Crippen LogP contribution >= 0.6 is 0 Å². The molecule has 0 amide bonds. The van der Waals surface area contributed by atoms with E-state index in [-0.39, 0.29) is 0 Å². The predicted octanol–water partition coefficient (Wildman–Crippen LogP) is 2.08. The van der Waals surface area contributed by atoms with Crippen molar-refractivity contribution in [2.75, 3.05) is 11.9 Å². The molecular weight excluding hydrogens is 240 g/mol. The summed E-state index contributed by atoms with van der Waals surface area (Å²) >= 11 is 0. The SMILES string of the molecule is Cc1ccc(-n2nnnc2NCCCCC#N)cc1. The Morgan fingerprint density at radius 1 is 1.26 bits per heavy atom. The zero-order valence-electron chi connectivity index (χ0n) is 10.9. The number of hydrogen-bond acceptors (Lipinski definition) is 5. The van der Waals surface area contributed by atoms with Crippen LogP contribution in [-0.4, -0.2) is 26.8 Å². The predicted molar refractivity (Wildman–Crippen MR) is 71.8 cm³/mol. The summed E-state index contributed by atoms with van der Waals surface area (Å²) in [4.78, 5) is 0. The van der Waals surface area contributed by atoms with Crippen LogP contribution in [0, 0.1) is 18.3 Å². The van der Waals surface area contributed by atoms with Crippen LogP contribution in [0.4, 0.5) is 5.95 Å². The van der Waals surface area contributed by atoms with Crippen molar-refractivity contribution < 1.29 is 0 Å². The van der Waals surface area contributed by atoms with Crippen LogP contribution in [0.3, 0.4) is 0 Å². The highest BCUT2D eigenvalue weighted by molar-refractivity contribution is 5.39. The van der Waals surface area contributed by atoms with Crippen molar-refractivity contribution in [1.29, 1.82) is 5.26 Å². The Morgan fingerprint density at radius 3 is 2.79 bits per heavy atom. The van der Waals surface area contributed by atoms with E-state index in [1.165, 1.54) is 5.56 Å². The van der Waals surface area contributed by atoms with E-state index < -0.39 is 0 Å². The average Bonchev–Trinajstić information content (AvgIpc) is 2.88. The summed E-state index contributed by atoms with van der Waals surface area (Å²) < 4.78 is 1.67. The quantitative estimate of drug-likeness (QED) is 0.800. The summed E-state index contributed by atoms with van der Waals surface area (Å²) in [5.41, 5.74) is 2.12. The Hall–Kier alpha value is -2.42. The van der Waals surface area contributed by atoms with Crippen molar-refractivity contribution in [3.63, 3.8) is 0 Å². The van der Waals surface area contributed by atoms with E-state index in [1.807, 2.05) is 31.2 Å². The van der Waals surface area contributed by atoms with E-state index in [2.05, 4.69) is 26.9 Å². The first-order valence-corrected chi connectivity index (χ1v) is 6.27. The number of anilines is 1. The number of nitrogens with zero attached hydrogens (tertiary/aromatic N) is 5. The number of tetrazole rings is 1. The first-order chi connectivity index (χ1) is 9.31. The minimum Gasteiger partial charge on any atom is -0.353 e. The topological polar surface area (TPSA) is 79.4 Å². The van der Waals surface area contributed by atoms with Gasteiger partial charge in [-0.1, -0.05) is 22.8 Å². The van der Waals surface area contributed by atoms with Gasteiger partial charge < -0.3 is 5.32 Å². The maximum Gasteiger partial charge on any atom is 0.247 e. The first-order valence-electron chi connectivity index (χ1n) is 6.27. The second-order valence-electron chi connectivity index (χ2n) is 4.29. The standard InChI is InChI=1S/C13H16N6/c1-11-5-7-12(8-6-11)19-13(16-17-18-19)15-10-4-2-3-9-14/h5-8H,2-4,10H2,1H3,(H,15,16,18). The molecule has 1 aromatic carbocycles. The molecule has 0 radical (unpaired) electrons. The highest BCUT2D eigenvalue weighted by Crippen LogP contribution is 2.12. The van der Waals surface area contributed by atoms with Gasteiger partial charge in [0.2, 0.25) is 5.95 Å². The van der Waals surface area contributed by atoms with E-state index in [0.29, 0.717) is 12.4 Å². The smallest absolute Gasteiger partial charge is 0.247 e. The number of nitriles is 1. The fourth-order valence-corrected chi connectivity index (χ4v) is 1.69. The molecule has 2 aromatic rings. The molecule has 1 N–H and O–H groups in total. The van der Waals surface area contributed by atoms with Gasteiger partial charge in [0.25, 0.3) is 0 Å². The molecular formula is C13H16N6. The molecule has 0 fully saturated rings. The minimum absolute atomic E-state index is 0.588. The van der Waals surface area contributed by atoms with Gasteiger partial charge in [-0.05, 0) is 42.3 Å². The van der Waals surface area contributed by atoms with E-state index in [1.54, 1.807) is 4.68 Å². The van der Waals surface area contributed by atoms with Crippen LogP contribution in [0.25, 0.3) is 5.69 Å². The molecule has 19 heavy (non-hydrogen) atoms. The molecule has 6 heteroatoms. The molecule has 2 rings (SSSR count). The van der Waals surface area contributed by atoms with Crippen molar-refractivity contribution in [3.8, 4) is 11.8 Å². The average molecular weight is 256 g/mol. The van der Waals surface area contributed by atoms with E-state index in [0.717, 1.165) is 25.1 Å². The monoisotopic (exact) mass is 256 g/mol. The third kappa shape index (κ3) is 3.52. The second kappa shape index (κ2) is 6.50. The normalized spacial score (nSPS) is 10.1. The van der Waals surface area contributed by atoms with E-state index >= 15 is 0 Å². The zero-order chi connectivity index (χ0) is 13.5. The van der Waals surface area contributed by atoms with Crippen molar-refractivity contribution >= 4 is 5.95 Å². The molecule has 98 valence electrons. The lowest BCUT2D eigenvalue weighted by molar-refractivity contribution is 0.766. The Bertz CT molecular complexity index is 551. The van der Waals surface area contributed by atoms with Crippen LogP contribution in [-0.2, 0) is 0 Å². The van der Waals surface area contributed by atoms with Crippen LogP contribution in [0.1, 0.15) is 24.8 Å². The van der Waals surface area contributed by atoms with Crippen LogP contribution < -0.4 is 5.32 Å². The van der Waals surface area contributed by atoms with Gasteiger partial charge in [-0.25, -0.2) is 0 Å². The number of hydrogen-bond donors (Lipinski definition) is 1. The van der Waals surface area contributed by atoms with Crippen LogP contribution in [0.15, 0.2) is 24.3 Å². The lowest BCUT2D eigenvalue weighted by atomic mass is 10.2. The maximum absolute atomic E-state index is 8.46. The number of unbranched alkanes of at least 4 members (excludes halogenated alkanes) is 2. The highest BCUT2D eigenvalue weighted by atomic mass is 15.6. The molecule has 0 spiro atoms. The Balaban J connectivity index is 1.98. The summed E-state index contributed by atoms with van der Waals surface area (Å²) in [5, 5.41) is 23.3. The summed E-state index contributed by atoms with van der Waals surface area (Å²) in [7, 11) is 0. The summed E-state index contributed by atoms with van der Waals surface area (Å²) in [5.74, 6) is 0.626. The van der Waals surface area contributed by atoms with Crippen molar-refractivity contribution in [1.82, 2.24) is 20.2 Å².